The SMILES string of the molecule is CCCCN(CCCC)S(=O)(=O)c1ccc(NC(=O)c2ccc(C)c(C)c2)cc1. The fraction of sp³-hybridized carbons (Fsp3) is 0.435. The van der Waals surface area contributed by atoms with Crippen molar-refractivity contribution in [3.05, 3.63) is 59.2 Å². The zero-order valence-electron chi connectivity index (χ0n) is 17.9. The van der Waals surface area contributed by atoms with Gasteiger partial charge in [-0.2, -0.15) is 4.31 Å². The van der Waals surface area contributed by atoms with Gasteiger partial charge in [0, 0.05) is 24.3 Å². The maximum Gasteiger partial charge on any atom is 0.255 e. The lowest BCUT2D eigenvalue weighted by Crippen LogP contribution is -2.33. The van der Waals surface area contributed by atoms with Gasteiger partial charge in [-0.1, -0.05) is 32.8 Å². The van der Waals surface area contributed by atoms with Gasteiger partial charge in [-0.3, -0.25) is 4.79 Å². The molecule has 0 bridgehead atoms. The van der Waals surface area contributed by atoms with Crippen molar-refractivity contribution in [3.63, 3.8) is 0 Å². The van der Waals surface area contributed by atoms with Crippen LogP contribution in [0.15, 0.2) is 47.4 Å². The topological polar surface area (TPSA) is 66.5 Å². The number of anilines is 1. The van der Waals surface area contributed by atoms with E-state index in [-0.39, 0.29) is 10.8 Å². The Balaban J connectivity index is 2.14. The molecule has 0 saturated carbocycles. The van der Waals surface area contributed by atoms with Crippen LogP contribution in [0.3, 0.4) is 0 Å². The number of amides is 1. The molecule has 29 heavy (non-hydrogen) atoms. The lowest BCUT2D eigenvalue weighted by Gasteiger charge is -2.22. The summed E-state index contributed by atoms with van der Waals surface area (Å²) in [4.78, 5) is 12.7. The molecule has 0 spiro atoms. The molecule has 0 aromatic heterocycles. The van der Waals surface area contributed by atoms with Crippen LogP contribution in [0.5, 0.6) is 0 Å². The summed E-state index contributed by atoms with van der Waals surface area (Å²) in [6, 6.07) is 12.0. The Labute approximate surface area is 175 Å². The van der Waals surface area contributed by atoms with Gasteiger partial charge >= 0.3 is 0 Å². The fourth-order valence-corrected chi connectivity index (χ4v) is 4.48. The number of nitrogens with zero attached hydrogens (tertiary/aromatic N) is 1. The molecular weight excluding hydrogens is 384 g/mol. The maximum atomic E-state index is 13.0. The van der Waals surface area contributed by atoms with Crippen molar-refractivity contribution in [2.24, 2.45) is 0 Å². The molecule has 158 valence electrons. The molecule has 6 heteroatoms. The van der Waals surface area contributed by atoms with Crippen LogP contribution in [0.2, 0.25) is 0 Å². The third-order valence-electron chi connectivity index (χ3n) is 5.04. The van der Waals surface area contributed by atoms with Crippen molar-refractivity contribution in [1.29, 1.82) is 0 Å². The highest BCUT2D eigenvalue weighted by Crippen LogP contribution is 2.20. The molecule has 0 aliphatic heterocycles. The number of unbranched alkanes of at least 4 members (excludes halogenated alkanes) is 2. The van der Waals surface area contributed by atoms with Crippen molar-refractivity contribution in [2.45, 2.75) is 58.3 Å². The van der Waals surface area contributed by atoms with E-state index in [9.17, 15) is 13.2 Å². The van der Waals surface area contributed by atoms with Gasteiger partial charge < -0.3 is 5.32 Å². The lowest BCUT2D eigenvalue weighted by atomic mass is 10.1. The van der Waals surface area contributed by atoms with Gasteiger partial charge in [-0.15, -0.1) is 0 Å². The summed E-state index contributed by atoms with van der Waals surface area (Å²) in [5.41, 5.74) is 3.33. The molecule has 0 atom stereocenters. The van der Waals surface area contributed by atoms with Crippen molar-refractivity contribution in [2.75, 3.05) is 18.4 Å². The first kappa shape index (κ1) is 23.1. The summed E-state index contributed by atoms with van der Waals surface area (Å²) in [5.74, 6) is -0.212. The Morgan fingerprint density at radius 2 is 1.48 bits per heavy atom. The van der Waals surface area contributed by atoms with Crippen LogP contribution in [0.4, 0.5) is 5.69 Å². The van der Waals surface area contributed by atoms with Crippen LogP contribution in [0, 0.1) is 13.8 Å². The zero-order valence-corrected chi connectivity index (χ0v) is 18.7. The van der Waals surface area contributed by atoms with Gasteiger partial charge in [0.25, 0.3) is 5.91 Å². The standard InChI is InChI=1S/C23H32N2O3S/c1-5-7-15-25(16-8-6-2)29(27,28)22-13-11-21(12-14-22)24-23(26)20-10-9-18(3)19(4)17-20/h9-14,17H,5-8,15-16H2,1-4H3,(H,24,26). The van der Waals surface area contributed by atoms with Crippen molar-refractivity contribution in [1.82, 2.24) is 4.31 Å². The monoisotopic (exact) mass is 416 g/mol. The molecule has 1 N–H and O–H groups in total. The van der Waals surface area contributed by atoms with Crippen LogP contribution in [-0.2, 0) is 10.0 Å². The van der Waals surface area contributed by atoms with Gasteiger partial charge in [0.2, 0.25) is 10.0 Å². The molecule has 0 saturated heterocycles. The average Bonchev–Trinajstić information content (AvgIpc) is 2.70. The molecule has 0 unspecified atom stereocenters. The molecule has 2 rings (SSSR count). The highest BCUT2D eigenvalue weighted by molar-refractivity contribution is 7.89. The number of benzene rings is 2. The third kappa shape index (κ3) is 6.15. The Kier molecular flexibility index (Phi) is 8.41. The van der Waals surface area contributed by atoms with E-state index < -0.39 is 10.0 Å². The van der Waals surface area contributed by atoms with E-state index in [2.05, 4.69) is 19.2 Å². The zero-order chi connectivity index (χ0) is 21.4. The molecule has 1 amide bonds. The van der Waals surface area contributed by atoms with Gasteiger partial charge in [0.15, 0.2) is 0 Å². The maximum absolute atomic E-state index is 13.0. The minimum atomic E-state index is -3.53. The number of sulfonamides is 1. The minimum Gasteiger partial charge on any atom is -0.322 e. The molecule has 2 aromatic rings. The Morgan fingerprint density at radius 3 is 2.00 bits per heavy atom. The van der Waals surface area contributed by atoms with Gasteiger partial charge in [-0.05, 0) is 74.2 Å². The van der Waals surface area contributed by atoms with Crippen LogP contribution < -0.4 is 5.32 Å². The second-order valence-corrected chi connectivity index (χ2v) is 9.33. The van der Waals surface area contributed by atoms with Gasteiger partial charge in [0.05, 0.1) is 4.90 Å². The first-order valence-electron chi connectivity index (χ1n) is 10.3. The summed E-state index contributed by atoms with van der Waals surface area (Å²) in [6.07, 6.45) is 3.57. The molecule has 0 aliphatic rings. The van der Waals surface area contributed by atoms with Crippen molar-refractivity contribution in [3.8, 4) is 0 Å². The Hall–Kier alpha value is -2.18. The highest BCUT2D eigenvalue weighted by Gasteiger charge is 2.23. The molecule has 5 nitrogen and oxygen atoms in total. The molecule has 0 aliphatic carbocycles. The van der Waals surface area contributed by atoms with E-state index in [1.165, 1.54) is 0 Å². The Bertz CT molecular complexity index is 914. The highest BCUT2D eigenvalue weighted by atomic mass is 32.2. The predicted molar refractivity (Wildman–Crippen MR) is 119 cm³/mol. The van der Waals surface area contributed by atoms with Crippen LogP contribution in [0.25, 0.3) is 0 Å². The summed E-state index contributed by atoms with van der Waals surface area (Å²) < 4.78 is 27.6. The van der Waals surface area contributed by atoms with Crippen LogP contribution in [0.1, 0.15) is 61.0 Å². The lowest BCUT2D eigenvalue weighted by molar-refractivity contribution is 0.102. The largest absolute Gasteiger partial charge is 0.322 e. The first-order valence-corrected chi connectivity index (χ1v) is 11.7. The van der Waals surface area contributed by atoms with E-state index in [1.807, 2.05) is 26.0 Å². The van der Waals surface area contributed by atoms with E-state index in [0.29, 0.717) is 24.3 Å². The van der Waals surface area contributed by atoms with Gasteiger partial charge in [0.1, 0.15) is 0 Å². The van der Waals surface area contributed by atoms with E-state index >= 15 is 0 Å². The number of carbonyl (C=O) groups excluding carboxylic acids is 1. The van der Waals surface area contributed by atoms with E-state index in [1.54, 1.807) is 34.6 Å². The predicted octanol–water partition coefficient (Wildman–Crippen LogP) is 5.15. The number of aryl methyl sites for hydroxylation is 2. The van der Waals surface area contributed by atoms with Crippen LogP contribution >= 0.6 is 0 Å². The number of hydrogen-bond acceptors (Lipinski definition) is 3. The van der Waals surface area contributed by atoms with Crippen LogP contribution in [-0.4, -0.2) is 31.7 Å². The summed E-state index contributed by atoms with van der Waals surface area (Å²) >= 11 is 0. The normalized spacial score (nSPS) is 11.6. The third-order valence-corrected chi connectivity index (χ3v) is 6.95. The number of hydrogen-bond donors (Lipinski definition) is 1. The number of rotatable bonds is 10. The van der Waals surface area contributed by atoms with Gasteiger partial charge in [-0.25, -0.2) is 8.42 Å². The Morgan fingerprint density at radius 1 is 0.897 bits per heavy atom. The fourth-order valence-electron chi connectivity index (χ4n) is 2.97. The van der Waals surface area contributed by atoms with Crippen molar-refractivity contribution < 1.29 is 13.2 Å². The summed E-state index contributed by atoms with van der Waals surface area (Å²) in [7, 11) is -3.53. The molecule has 0 fully saturated rings. The second kappa shape index (κ2) is 10.6. The summed E-state index contributed by atoms with van der Waals surface area (Å²) in [6.45, 7) is 9.14. The molecule has 2 aromatic carbocycles. The quantitative estimate of drug-likeness (QED) is 0.583. The minimum absolute atomic E-state index is 0.212. The van der Waals surface area contributed by atoms with Crippen molar-refractivity contribution >= 4 is 21.6 Å². The second-order valence-electron chi connectivity index (χ2n) is 7.39. The summed E-state index contributed by atoms with van der Waals surface area (Å²) in [5, 5.41) is 2.83. The number of nitrogens with one attached hydrogen (secondary N) is 1. The average molecular weight is 417 g/mol. The molecule has 0 heterocycles. The molecule has 0 radical (unpaired) electrons. The van der Waals surface area contributed by atoms with E-state index in [4.69, 9.17) is 0 Å². The smallest absolute Gasteiger partial charge is 0.255 e. The van der Waals surface area contributed by atoms with E-state index in [0.717, 1.165) is 36.8 Å². The molecular formula is C23H32N2O3S. The first-order chi connectivity index (χ1) is 13.8. The number of carbonyl (C=O) groups is 1.